The molecule has 6 heteroatoms. The van der Waals surface area contributed by atoms with Gasteiger partial charge in [0.25, 0.3) is 0 Å². The zero-order chi connectivity index (χ0) is 14.8. The molecule has 2 aromatic rings. The average molecular weight is 293 g/mol. The monoisotopic (exact) mass is 293 g/mol. The quantitative estimate of drug-likeness (QED) is 0.652. The summed E-state index contributed by atoms with van der Waals surface area (Å²) in [6.45, 7) is 3.73. The number of nitrogens with two attached hydrogens (primary N) is 1. The average Bonchev–Trinajstić information content (AvgIpc) is 2.79. The van der Waals surface area contributed by atoms with E-state index in [9.17, 15) is 4.79 Å². The van der Waals surface area contributed by atoms with Gasteiger partial charge in [0.1, 0.15) is 5.54 Å². The second kappa shape index (κ2) is 5.85. The summed E-state index contributed by atoms with van der Waals surface area (Å²) < 4.78 is 4.68. The van der Waals surface area contributed by atoms with Gasteiger partial charge in [-0.2, -0.15) is 0 Å². The summed E-state index contributed by atoms with van der Waals surface area (Å²) in [5.41, 5.74) is 8.12. The van der Waals surface area contributed by atoms with Crippen LogP contribution < -0.4 is 5.73 Å². The molecular formula is C14H19N3O2S. The van der Waals surface area contributed by atoms with Crippen molar-refractivity contribution < 1.29 is 9.53 Å². The van der Waals surface area contributed by atoms with Crippen LogP contribution in [0.15, 0.2) is 23.4 Å². The number of hydrogen-bond donors (Lipinski definition) is 2. The summed E-state index contributed by atoms with van der Waals surface area (Å²) in [5, 5.41) is 0.839. The molecule has 0 aliphatic rings. The first kappa shape index (κ1) is 14.9. The van der Waals surface area contributed by atoms with Crippen LogP contribution in [0, 0.1) is 6.92 Å². The number of nitrogens with zero attached hydrogens (tertiary/aromatic N) is 1. The van der Waals surface area contributed by atoms with E-state index in [1.165, 1.54) is 12.7 Å². The fourth-order valence-electron chi connectivity index (χ4n) is 1.86. The lowest BCUT2D eigenvalue weighted by Crippen LogP contribution is -2.46. The van der Waals surface area contributed by atoms with E-state index in [1.807, 2.05) is 19.1 Å². The molecule has 1 aromatic heterocycles. The summed E-state index contributed by atoms with van der Waals surface area (Å²) >= 11 is 1.55. The number of esters is 1. The molecule has 0 aliphatic heterocycles. The molecule has 1 atom stereocenters. The third kappa shape index (κ3) is 3.32. The molecule has 0 saturated carbocycles. The van der Waals surface area contributed by atoms with Crippen LogP contribution >= 0.6 is 11.8 Å². The summed E-state index contributed by atoms with van der Waals surface area (Å²) in [6.07, 6.45) is 0.528. The van der Waals surface area contributed by atoms with E-state index in [4.69, 9.17) is 5.73 Å². The molecule has 0 radical (unpaired) electrons. The minimum atomic E-state index is -0.954. The third-order valence-corrected chi connectivity index (χ3v) is 4.00. The van der Waals surface area contributed by atoms with Gasteiger partial charge in [0.15, 0.2) is 5.16 Å². The Balaban J connectivity index is 1.98. The van der Waals surface area contributed by atoms with Gasteiger partial charge in [-0.3, -0.25) is 4.79 Å². The van der Waals surface area contributed by atoms with Gasteiger partial charge in [-0.15, -0.1) is 0 Å². The van der Waals surface area contributed by atoms with Gasteiger partial charge in [0.2, 0.25) is 0 Å². The van der Waals surface area contributed by atoms with E-state index >= 15 is 0 Å². The van der Waals surface area contributed by atoms with Crippen LogP contribution in [0.5, 0.6) is 0 Å². The van der Waals surface area contributed by atoms with Gasteiger partial charge in [0, 0.05) is 5.75 Å². The van der Waals surface area contributed by atoms with E-state index in [2.05, 4.69) is 20.8 Å². The number of aryl methyl sites for hydroxylation is 1. The molecule has 3 N–H and O–H groups in total. The Morgan fingerprint density at radius 1 is 1.55 bits per heavy atom. The predicted octanol–water partition coefficient (Wildman–Crippen LogP) is 2.24. The van der Waals surface area contributed by atoms with Crippen molar-refractivity contribution in [3.8, 4) is 0 Å². The Morgan fingerprint density at radius 3 is 3.00 bits per heavy atom. The van der Waals surface area contributed by atoms with E-state index in [1.54, 1.807) is 18.7 Å². The minimum Gasteiger partial charge on any atom is -0.468 e. The zero-order valence-electron chi connectivity index (χ0n) is 11.9. The highest BCUT2D eigenvalue weighted by Crippen LogP contribution is 2.22. The number of carbonyl (C=O) groups is 1. The summed E-state index contributed by atoms with van der Waals surface area (Å²) in [6, 6.07) is 6.09. The van der Waals surface area contributed by atoms with Crippen molar-refractivity contribution >= 4 is 28.8 Å². The number of fused-ring (bicyclic) bond motifs is 1. The lowest BCUT2D eigenvalue weighted by Gasteiger charge is -2.20. The lowest BCUT2D eigenvalue weighted by atomic mass is 10.0. The number of thioether (sulfide) groups is 1. The predicted molar refractivity (Wildman–Crippen MR) is 80.8 cm³/mol. The maximum atomic E-state index is 11.5. The molecular weight excluding hydrogens is 274 g/mol. The van der Waals surface area contributed by atoms with E-state index < -0.39 is 11.5 Å². The standard InChI is InChI=1S/C14H19N3O2S/c1-9-4-5-10-11(8-9)17-13(16-10)20-7-6-14(2,15)12(18)19-3/h4-5,8H,6-7,15H2,1-3H3,(H,16,17). The fraction of sp³-hybridized carbons (Fsp3) is 0.429. The molecule has 5 nitrogen and oxygen atoms in total. The third-order valence-electron chi connectivity index (χ3n) is 3.13. The van der Waals surface area contributed by atoms with Gasteiger partial charge in [0.05, 0.1) is 18.1 Å². The number of methoxy groups -OCH3 is 1. The van der Waals surface area contributed by atoms with E-state index in [0.717, 1.165) is 16.2 Å². The largest absolute Gasteiger partial charge is 0.468 e. The maximum Gasteiger partial charge on any atom is 0.325 e. The number of benzene rings is 1. The summed E-state index contributed by atoms with van der Waals surface area (Å²) in [4.78, 5) is 19.2. The first-order valence-corrected chi connectivity index (χ1v) is 7.37. The van der Waals surface area contributed by atoms with Crippen molar-refractivity contribution in [1.29, 1.82) is 0 Å². The molecule has 0 fully saturated rings. The highest BCUT2D eigenvalue weighted by Gasteiger charge is 2.28. The molecule has 20 heavy (non-hydrogen) atoms. The Hall–Kier alpha value is -1.53. The van der Waals surface area contributed by atoms with Crippen molar-refractivity contribution in [2.45, 2.75) is 31.0 Å². The number of nitrogens with one attached hydrogen (secondary N) is 1. The number of imidazole rings is 1. The number of hydrogen-bond acceptors (Lipinski definition) is 5. The normalized spacial score (nSPS) is 14.2. The minimum absolute atomic E-state index is 0.390. The Kier molecular flexibility index (Phi) is 4.35. The van der Waals surface area contributed by atoms with Gasteiger partial charge in [-0.1, -0.05) is 17.8 Å². The molecule has 0 spiro atoms. The highest BCUT2D eigenvalue weighted by molar-refractivity contribution is 7.99. The molecule has 108 valence electrons. The SMILES string of the molecule is COC(=O)C(C)(N)CCSc1nc2ccc(C)cc2[nH]1. The molecule has 1 unspecified atom stereocenters. The molecule has 0 bridgehead atoms. The van der Waals surface area contributed by atoms with Crippen LogP contribution in [0.25, 0.3) is 11.0 Å². The Bertz CT molecular complexity index is 622. The second-order valence-corrected chi connectivity index (χ2v) is 6.15. The Labute approximate surface area is 122 Å². The van der Waals surface area contributed by atoms with Crippen LogP contribution in [0.2, 0.25) is 0 Å². The summed E-state index contributed by atoms with van der Waals surface area (Å²) in [5.74, 6) is 0.305. The Morgan fingerprint density at radius 2 is 2.30 bits per heavy atom. The summed E-state index contributed by atoms with van der Waals surface area (Å²) in [7, 11) is 1.35. The smallest absolute Gasteiger partial charge is 0.325 e. The van der Waals surface area contributed by atoms with Crippen LogP contribution in [0.4, 0.5) is 0 Å². The number of rotatable bonds is 5. The number of carbonyl (C=O) groups excluding carboxylic acids is 1. The number of H-pyrrole nitrogens is 1. The molecule has 0 amide bonds. The first-order valence-electron chi connectivity index (χ1n) is 6.39. The maximum absolute atomic E-state index is 11.5. The van der Waals surface area contributed by atoms with Crippen molar-refractivity contribution in [1.82, 2.24) is 9.97 Å². The van der Waals surface area contributed by atoms with Gasteiger partial charge in [-0.05, 0) is 38.0 Å². The molecule has 1 heterocycles. The van der Waals surface area contributed by atoms with Crippen LogP contribution in [0.1, 0.15) is 18.9 Å². The van der Waals surface area contributed by atoms with Crippen LogP contribution in [-0.4, -0.2) is 34.3 Å². The first-order chi connectivity index (χ1) is 9.42. The second-order valence-electron chi connectivity index (χ2n) is 5.07. The number of aromatic nitrogens is 2. The number of aromatic amines is 1. The van der Waals surface area contributed by atoms with Crippen molar-refractivity contribution in [3.63, 3.8) is 0 Å². The van der Waals surface area contributed by atoms with Crippen molar-refractivity contribution in [2.75, 3.05) is 12.9 Å². The van der Waals surface area contributed by atoms with Gasteiger partial charge in [-0.25, -0.2) is 4.98 Å². The van der Waals surface area contributed by atoms with Gasteiger partial charge >= 0.3 is 5.97 Å². The molecule has 0 aliphatic carbocycles. The number of ether oxygens (including phenoxy) is 1. The highest BCUT2D eigenvalue weighted by atomic mass is 32.2. The zero-order valence-corrected chi connectivity index (χ0v) is 12.7. The van der Waals surface area contributed by atoms with Gasteiger partial charge < -0.3 is 15.5 Å². The van der Waals surface area contributed by atoms with Crippen LogP contribution in [-0.2, 0) is 9.53 Å². The lowest BCUT2D eigenvalue weighted by molar-refractivity contribution is -0.146. The van der Waals surface area contributed by atoms with Crippen molar-refractivity contribution in [2.24, 2.45) is 5.73 Å². The molecule has 1 aromatic carbocycles. The van der Waals surface area contributed by atoms with E-state index in [0.29, 0.717) is 12.2 Å². The van der Waals surface area contributed by atoms with Crippen molar-refractivity contribution in [3.05, 3.63) is 23.8 Å². The fourth-order valence-corrected chi connectivity index (χ4v) is 2.93. The molecule has 0 saturated heterocycles. The van der Waals surface area contributed by atoms with E-state index in [-0.39, 0.29) is 0 Å². The molecule has 2 rings (SSSR count). The topological polar surface area (TPSA) is 81.0 Å². The van der Waals surface area contributed by atoms with Crippen LogP contribution in [0.3, 0.4) is 0 Å².